The van der Waals surface area contributed by atoms with Gasteiger partial charge in [0, 0.05) is 23.1 Å². The van der Waals surface area contributed by atoms with Crippen molar-refractivity contribution in [2.45, 2.75) is 19.5 Å². The zero-order valence-electron chi connectivity index (χ0n) is 17.6. The molecule has 0 saturated carbocycles. The van der Waals surface area contributed by atoms with Gasteiger partial charge in [0.25, 0.3) is 5.56 Å². The summed E-state index contributed by atoms with van der Waals surface area (Å²) in [5.74, 6) is 0.640. The first-order valence-electron chi connectivity index (χ1n) is 10.2. The van der Waals surface area contributed by atoms with Crippen molar-refractivity contribution in [3.63, 3.8) is 0 Å². The first-order chi connectivity index (χ1) is 15.5. The molecule has 7 heteroatoms. The van der Waals surface area contributed by atoms with Gasteiger partial charge in [-0.05, 0) is 48.0 Å². The molecule has 1 heterocycles. The van der Waals surface area contributed by atoms with Crippen LogP contribution in [-0.4, -0.2) is 22.6 Å². The lowest BCUT2D eigenvalue weighted by Crippen LogP contribution is -2.32. The molecule has 0 atom stereocenters. The summed E-state index contributed by atoms with van der Waals surface area (Å²) < 4.78 is 7.54. The number of ether oxygens (including phenoxy) is 1. The molecule has 0 radical (unpaired) electrons. The van der Waals surface area contributed by atoms with E-state index in [1.807, 2.05) is 60.7 Å². The van der Waals surface area contributed by atoms with Crippen LogP contribution in [0, 0.1) is 0 Å². The van der Waals surface area contributed by atoms with Gasteiger partial charge < -0.3 is 9.64 Å². The second-order valence-corrected chi connectivity index (χ2v) is 8.23. The number of amides is 1. The number of nitrogens with zero attached hydrogens (tertiary/aromatic N) is 3. The lowest BCUT2D eigenvalue weighted by Gasteiger charge is -2.23. The number of rotatable bonds is 7. The van der Waals surface area contributed by atoms with E-state index >= 15 is 0 Å². The molecule has 0 aliphatic rings. The Hall–Kier alpha value is -3.45. The molecule has 0 aliphatic carbocycles. The fraction of sp³-hybridized carbons (Fsp3) is 0.160. The quantitative estimate of drug-likeness (QED) is 0.372. The highest BCUT2D eigenvalue weighted by Gasteiger charge is 2.17. The Balaban J connectivity index is 1.57. The van der Waals surface area contributed by atoms with Crippen LogP contribution in [0.5, 0.6) is 5.75 Å². The fourth-order valence-corrected chi connectivity index (χ4v) is 3.85. The lowest BCUT2D eigenvalue weighted by molar-refractivity contribution is -0.119. The number of aryl methyl sites for hydroxylation is 1. The maximum absolute atomic E-state index is 13.3. The summed E-state index contributed by atoms with van der Waals surface area (Å²) in [4.78, 5) is 32.2. The molecule has 6 nitrogen and oxygen atoms in total. The average Bonchev–Trinajstić information content (AvgIpc) is 2.83. The molecule has 1 aromatic heterocycles. The molecular formula is C25H22BrN3O3. The molecule has 162 valence electrons. The predicted molar refractivity (Wildman–Crippen MR) is 129 cm³/mol. The molecule has 1 amide bonds. The number of anilines is 1. The number of carbonyl (C=O) groups is 1. The highest BCUT2D eigenvalue weighted by atomic mass is 79.9. The van der Waals surface area contributed by atoms with Gasteiger partial charge in [-0.3, -0.25) is 14.2 Å². The maximum atomic E-state index is 13.3. The van der Waals surface area contributed by atoms with Crippen LogP contribution in [-0.2, 0) is 17.9 Å². The average molecular weight is 492 g/mol. The number of fused-ring (bicyclic) bond motifs is 1. The van der Waals surface area contributed by atoms with Crippen molar-refractivity contribution in [1.29, 1.82) is 0 Å². The van der Waals surface area contributed by atoms with Gasteiger partial charge in [-0.25, -0.2) is 4.98 Å². The molecule has 0 unspecified atom stereocenters. The second-order valence-electron chi connectivity index (χ2n) is 7.32. The Morgan fingerprint density at radius 2 is 1.81 bits per heavy atom. The molecule has 4 rings (SSSR count). The van der Waals surface area contributed by atoms with E-state index < -0.39 is 0 Å². The van der Waals surface area contributed by atoms with Crippen LogP contribution < -0.4 is 15.2 Å². The minimum Gasteiger partial charge on any atom is -0.497 e. The molecule has 0 aliphatic heterocycles. The molecular weight excluding hydrogens is 470 g/mol. The summed E-state index contributed by atoms with van der Waals surface area (Å²) in [5.41, 5.74) is 2.26. The third-order valence-electron chi connectivity index (χ3n) is 5.22. The second kappa shape index (κ2) is 9.78. The van der Waals surface area contributed by atoms with Gasteiger partial charge in [-0.15, -0.1) is 0 Å². The third-order valence-corrected chi connectivity index (χ3v) is 5.71. The monoisotopic (exact) mass is 491 g/mol. The van der Waals surface area contributed by atoms with Crippen LogP contribution in [0.2, 0.25) is 0 Å². The summed E-state index contributed by atoms with van der Waals surface area (Å²) in [6.45, 7) is 0.679. The summed E-state index contributed by atoms with van der Waals surface area (Å²) >= 11 is 3.39. The molecule has 4 aromatic rings. The van der Waals surface area contributed by atoms with Gasteiger partial charge in [0.1, 0.15) is 5.75 Å². The minimum atomic E-state index is -0.164. The van der Waals surface area contributed by atoms with E-state index in [-0.39, 0.29) is 24.4 Å². The minimum absolute atomic E-state index is 0.0831. The molecule has 0 saturated heterocycles. The van der Waals surface area contributed by atoms with E-state index in [2.05, 4.69) is 20.9 Å². The fourth-order valence-electron chi connectivity index (χ4n) is 3.49. The van der Waals surface area contributed by atoms with Crippen molar-refractivity contribution in [3.8, 4) is 5.75 Å². The number of aromatic nitrogens is 2. The highest BCUT2D eigenvalue weighted by molar-refractivity contribution is 9.10. The largest absolute Gasteiger partial charge is 0.497 e. The smallest absolute Gasteiger partial charge is 0.261 e. The highest BCUT2D eigenvalue weighted by Crippen LogP contribution is 2.22. The molecule has 0 fully saturated rings. The van der Waals surface area contributed by atoms with E-state index in [4.69, 9.17) is 4.74 Å². The van der Waals surface area contributed by atoms with Gasteiger partial charge in [0.2, 0.25) is 5.91 Å². The zero-order valence-corrected chi connectivity index (χ0v) is 19.2. The van der Waals surface area contributed by atoms with Gasteiger partial charge in [-0.1, -0.05) is 46.3 Å². The first kappa shape index (κ1) is 21.8. The first-order valence-corrected chi connectivity index (χ1v) is 11.0. The van der Waals surface area contributed by atoms with Crippen molar-refractivity contribution < 1.29 is 9.53 Å². The van der Waals surface area contributed by atoms with E-state index in [0.29, 0.717) is 17.4 Å². The zero-order chi connectivity index (χ0) is 22.5. The van der Waals surface area contributed by atoms with Crippen molar-refractivity contribution >= 4 is 38.4 Å². The van der Waals surface area contributed by atoms with Crippen LogP contribution in [0.25, 0.3) is 10.9 Å². The number of carbonyl (C=O) groups excluding carboxylic acids is 1. The van der Waals surface area contributed by atoms with Gasteiger partial charge in [0.15, 0.2) is 0 Å². The van der Waals surface area contributed by atoms with Crippen LogP contribution in [0.4, 0.5) is 5.69 Å². The molecule has 0 N–H and O–H groups in total. The van der Waals surface area contributed by atoms with Gasteiger partial charge >= 0.3 is 0 Å². The Morgan fingerprint density at radius 3 is 2.53 bits per heavy atom. The number of hydrogen-bond acceptors (Lipinski definition) is 4. The lowest BCUT2D eigenvalue weighted by atomic mass is 10.1. The number of methoxy groups -OCH3 is 1. The number of hydrogen-bond donors (Lipinski definition) is 0. The van der Waals surface area contributed by atoms with E-state index in [0.717, 1.165) is 21.5 Å². The van der Waals surface area contributed by atoms with Crippen LogP contribution in [0.15, 0.2) is 88.4 Å². The summed E-state index contributed by atoms with van der Waals surface area (Å²) in [6, 6.07) is 22.6. The Bertz CT molecular complexity index is 1290. The Morgan fingerprint density at radius 1 is 1.06 bits per heavy atom. The molecule has 0 spiro atoms. The third kappa shape index (κ3) is 4.89. The van der Waals surface area contributed by atoms with E-state index in [9.17, 15) is 9.59 Å². The Kier molecular flexibility index (Phi) is 6.66. The van der Waals surface area contributed by atoms with Crippen LogP contribution >= 0.6 is 15.9 Å². The van der Waals surface area contributed by atoms with Gasteiger partial charge in [-0.2, -0.15) is 0 Å². The summed E-state index contributed by atoms with van der Waals surface area (Å²) in [7, 11) is 1.61. The van der Waals surface area contributed by atoms with Crippen molar-refractivity contribution in [2.75, 3.05) is 12.0 Å². The summed E-state index contributed by atoms with van der Waals surface area (Å²) in [5, 5.41) is 0.519. The number of benzene rings is 3. The van der Waals surface area contributed by atoms with E-state index in [1.54, 1.807) is 24.1 Å². The Labute approximate surface area is 194 Å². The van der Waals surface area contributed by atoms with Crippen molar-refractivity contribution in [2.24, 2.45) is 0 Å². The standard InChI is InChI=1S/C25H22BrN3O3/c1-32-21-10-8-20(9-11-21)29(16-18-5-3-2-4-6-18)24(30)13-14-28-17-27-23-12-7-19(26)15-22(23)25(28)31/h2-12,15,17H,13-14,16H2,1H3. The van der Waals surface area contributed by atoms with Crippen molar-refractivity contribution in [1.82, 2.24) is 9.55 Å². The topological polar surface area (TPSA) is 64.4 Å². The summed E-state index contributed by atoms with van der Waals surface area (Å²) in [6.07, 6.45) is 1.67. The molecule has 3 aromatic carbocycles. The van der Waals surface area contributed by atoms with Crippen molar-refractivity contribution in [3.05, 3.63) is 99.5 Å². The molecule has 0 bridgehead atoms. The van der Waals surface area contributed by atoms with E-state index in [1.165, 1.54) is 10.9 Å². The van der Waals surface area contributed by atoms with Gasteiger partial charge in [0.05, 0.1) is 30.9 Å². The maximum Gasteiger partial charge on any atom is 0.261 e. The SMILES string of the molecule is COc1ccc(N(Cc2ccccc2)C(=O)CCn2cnc3ccc(Br)cc3c2=O)cc1. The number of halogens is 1. The normalized spacial score (nSPS) is 10.8. The van der Waals surface area contributed by atoms with Crippen LogP contribution in [0.3, 0.4) is 0 Å². The predicted octanol–water partition coefficient (Wildman–Crippen LogP) is 4.79. The van der Waals surface area contributed by atoms with Crippen LogP contribution in [0.1, 0.15) is 12.0 Å². The molecule has 32 heavy (non-hydrogen) atoms.